The van der Waals surface area contributed by atoms with Crippen molar-refractivity contribution in [1.29, 1.82) is 0 Å². The fraction of sp³-hybridized carbons (Fsp3) is 0.538. The van der Waals surface area contributed by atoms with Gasteiger partial charge in [0, 0.05) is 17.3 Å². The van der Waals surface area contributed by atoms with Crippen LogP contribution in [0.25, 0.3) is 0 Å². The van der Waals surface area contributed by atoms with E-state index in [9.17, 15) is 21.8 Å². The summed E-state index contributed by atoms with van der Waals surface area (Å²) in [6, 6.07) is 0.781. The molecule has 1 rings (SSSR count). The van der Waals surface area contributed by atoms with Crippen LogP contribution in [0, 0.1) is 5.82 Å². The van der Waals surface area contributed by atoms with Crippen LogP contribution in [0.2, 0.25) is 0 Å². The fourth-order valence-corrected chi connectivity index (χ4v) is 2.39. The van der Waals surface area contributed by atoms with E-state index in [0.717, 1.165) is 6.07 Å². The summed E-state index contributed by atoms with van der Waals surface area (Å²) >= 11 is 0. The van der Waals surface area contributed by atoms with Crippen molar-refractivity contribution >= 4 is 16.7 Å². The molecule has 0 amide bonds. The maximum absolute atomic E-state index is 14.0. The molecular weight excluding hydrogens is 308 g/mol. The Morgan fingerprint density at radius 3 is 2.19 bits per heavy atom. The van der Waals surface area contributed by atoms with Gasteiger partial charge in [0.1, 0.15) is 5.82 Å². The molecule has 1 aromatic carbocycles. The zero-order valence-corrected chi connectivity index (χ0v) is 13.0. The van der Waals surface area contributed by atoms with Crippen LogP contribution in [0.15, 0.2) is 12.1 Å². The summed E-state index contributed by atoms with van der Waals surface area (Å²) in [6.07, 6.45) is -4.84. The summed E-state index contributed by atoms with van der Waals surface area (Å²) in [6.45, 7) is 6.51. The van der Waals surface area contributed by atoms with Gasteiger partial charge in [-0.2, -0.15) is 13.2 Å². The molecule has 3 nitrogen and oxygen atoms in total. The third-order valence-electron chi connectivity index (χ3n) is 2.73. The van der Waals surface area contributed by atoms with Crippen molar-refractivity contribution < 1.29 is 21.8 Å². The summed E-state index contributed by atoms with van der Waals surface area (Å²) in [4.78, 5) is 0. The summed E-state index contributed by atoms with van der Waals surface area (Å²) in [5.41, 5.74) is 3.52. The van der Waals surface area contributed by atoms with Crippen molar-refractivity contribution in [2.24, 2.45) is 0 Å². The van der Waals surface area contributed by atoms with Gasteiger partial charge in [-0.25, -0.2) is 13.3 Å². The van der Waals surface area contributed by atoms with Gasteiger partial charge in [-0.3, -0.25) is 0 Å². The van der Waals surface area contributed by atoms with Crippen LogP contribution in [-0.2, 0) is 17.2 Å². The Labute approximate surface area is 123 Å². The first-order valence-corrected chi connectivity index (χ1v) is 7.33. The Kier molecular flexibility index (Phi) is 5.05. The standard InChI is InChI=1S/C13H18F4N2OS/c1-7(19-21(20)12(2,3)4)9-5-8(18)6-10(11(9)14)13(15,16)17/h5-7,19H,18H2,1-4H3/t7-,21?/m0/s1. The van der Waals surface area contributed by atoms with Crippen LogP contribution in [-0.4, -0.2) is 8.96 Å². The lowest BCUT2D eigenvalue weighted by Gasteiger charge is -2.23. The van der Waals surface area contributed by atoms with Crippen molar-refractivity contribution in [3.8, 4) is 0 Å². The quantitative estimate of drug-likeness (QED) is 0.659. The highest BCUT2D eigenvalue weighted by Gasteiger charge is 2.36. The van der Waals surface area contributed by atoms with Gasteiger partial charge in [-0.05, 0) is 39.8 Å². The van der Waals surface area contributed by atoms with Crippen molar-refractivity contribution in [2.75, 3.05) is 5.73 Å². The van der Waals surface area contributed by atoms with Crippen LogP contribution >= 0.6 is 0 Å². The molecule has 0 aliphatic carbocycles. The van der Waals surface area contributed by atoms with Crippen molar-refractivity contribution in [3.63, 3.8) is 0 Å². The first kappa shape index (κ1) is 17.9. The van der Waals surface area contributed by atoms with E-state index in [-0.39, 0.29) is 11.3 Å². The second-order valence-electron chi connectivity index (χ2n) is 5.69. The second-order valence-corrected chi connectivity index (χ2v) is 7.69. The second kappa shape index (κ2) is 5.92. The minimum absolute atomic E-state index is 0.200. The molecule has 1 aromatic rings. The number of nitrogen functional groups attached to an aromatic ring is 1. The number of nitrogens with two attached hydrogens (primary N) is 1. The minimum Gasteiger partial charge on any atom is -0.399 e. The van der Waals surface area contributed by atoms with E-state index in [2.05, 4.69) is 4.72 Å². The molecule has 0 bridgehead atoms. The molecule has 0 aliphatic rings. The molecule has 1 unspecified atom stereocenters. The van der Waals surface area contributed by atoms with Gasteiger partial charge < -0.3 is 5.73 Å². The van der Waals surface area contributed by atoms with Crippen molar-refractivity contribution in [3.05, 3.63) is 29.1 Å². The first-order chi connectivity index (χ1) is 9.34. The highest BCUT2D eigenvalue weighted by molar-refractivity contribution is 7.84. The highest BCUT2D eigenvalue weighted by atomic mass is 32.2. The summed E-state index contributed by atoms with van der Waals surface area (Å²) < 4.78 is 66.2. The average molecular weight is 326 g/mol. The van der Waals surface area contributed by atoms with Crippen molar-refractivity contribution in [1.82, 2.24) is 4.72 Å². The SMILES string of the molecule is C[C@H](NS(=O)C(C)(C)C)c1cc(N)cc(C(F)(F)F)c1F. The van der Waals surface area contributed by atoms with Crippen molar-refractivity contribution in [2.45, 2.75) is 44.7 Å². The maximum atomic E-state index is 14.0. The molecule has 2 atom stereocenters. The van der Waals surface area contributed by atoms with Crippen LogP contribution in [0.1, 0.15) is 44.9 Å². The molecule has 8 heteroatoms. The zero-order valence-electron chi connectivity index (χ0n) is 12.1. The number of rotatable bonds is 3. The van der Waals surface area contributed by atoms with Gasteiger partial charge in [0.15, 0.2) is 0 Å². The van der Waals surface area contributed by atoms with E-state index in [4.69, 9.17) is 5.73 Å². The number of hydrogen-bond acceptors (Lipinski definition) is 2. The molecule has 0 saturated heterocycles. The molecule has 3 N–H and O–H groups in total. The average Bonchev–Trinajstić information content (AvgIpc) is 2.28. The third-order valence-corrected chi connectivity index (χ3v) is 4.41. The highest BCUT2D eigenvalue weighted by Crippen LogP contribution is 2.35. The smallest absolute Gasteiger partial charge is 0.399 e. The van der Waals surface area contributed by atoms with Gasteiger partial charge in [0.2, 0.25) is 0 Å². The van der Waals surface area contributed by atoms with E-state index in [1.807, 2.05) is 0 Å². The van der Waals surface area contributed by atoms with E-state index in [0.29, 0.717) is 6.07 Å². The summed E-state index contributed by atoms with van der Waals surface area (Å²) in [5, 5.41) is 0. The molecule has 120 valence electrons. The van der Waals surface area contributed by atoms with Gasteiger partial charge in [-0.1, -0.05) is 0 Å². The molecule has 0 saturated carbocycles. The van der Waals surface area contributed by atoms with Crippen LogP contribution < -0.4 is 10.5 Å². The lowest BCUT2D eigenvalue weighted by Crippen LogP contribution is -2.35. The van der Waals surface area contributed by atoms with Crippen LogP contribution in [0.3, 0.4) is 0 Å². The molecule has 0 radical (unpaired) electrons. The Hall–Kier alpha value is -1.15. The van der Waals surface area contributed by atoms with Gasteiger partial charge in [0.05, 0.1) is 21.3 Å². The maximum Gasteiger partial charge on any atom is 0.419 e. The van der Waals surface area contributed by atoms with E-state index < -0.39 is 39.3 Å². The Bertz CT molecular complexity index is 552. The Morgan fingerprint density at radius 1 is 1.24 bits per heavy atom. The number of halogens is 4. The monoisotopic (exact) mass is 326 g/mol. The molecule has 0 heterocycles. The van der Waals surface area contributed by atoms with Crippen LogP contribution in [0.4, 0.5) is 23.2 Å². The first-order valence-electron chi connectivity index (χ1n) is 6.18. The van der Waals surface area contributed by atoms with E-state index in [1.165, 1.54) is 6.92 Å². The minimum atomic E-state index is -4.84. The number of nitrogens with one attached hydrogen (secondary N) is 1. The number of hydrogen-bond donors (Lipinski definition) is 2. The molecule has 0 fully saturated rings. The van der Waals surface area contributed by atoms with E-state index in [1.54, 1.807) is 20.8 Å². The Balaban J connectivity index is 3.20. The van der Waals surface area contributed by atoms with Gasteiger partial charge >= 0.3 is 6.18 Å². The zero-order chi connectivity index (χ0) is 16.6. The summed E-state index contributed by atoms with van der Waals surface area (Å²) in [7, 11) is -1.55. The lowest BCUT2D eigenvalue weighted by molar-refractivity contribution is -0.140. The normalized spacial score (nSPS) is 15.8. The number of benzene rings is 1. The molecule has 21 heavy (non-hydrogen) atoms. The number of anilines is 1. The Morgan fingerprint density at radius 2 is 1.76 bits per heavy atom. The fourth-order valence-electron chi connectivity index (χ4n) is 1.59. The van der Waals surface area contributed by atoms with Crippen LogP contribution in [0.5, 0.6) is 0 Å². The molecular formula is C13H18F4N2OS. The largest absolute Gasteiger partial charge is 0.419 e. The summed E-state index contributed by atoms with van der Waals surface area (Å²) in [5.74, 6) is -1.40. The third kappa shape index (κ3) is 4.41. The number of alkyl halides is 3. The van der Waals surface area contributed by atoms with Gasteiger partial charge in [-0.15, -0.1) is 0 Å². The topological polar surface area (TPSA) is 55.1 Å². The molecule has 0 spiro atoms. The molecule has 0 aliphatic heterocycles. The predicted octanol–water partition coefficient (Wildman–Crippen LogP) is 3.54. The molecule has 0 aromatic heterocycles. The van der Waals surface area contributed by atoms with Gasteiger partial charge in [0.25, 0.3) is 0 Å². The predicted molar refractivity (Wildman–Crippen MR) is 75.3 cm³/mol. The van der Waals surface area contributed by atoms with E-state index >= 15 is 0 Å². The lowest BCUT2D eigenvalue weighted by atomic mass is 10.0.